The Morgan fingerprint density at radius 2 is 1.89 bits per heavy atom. The molecule has 0 aliphatic heterocycles. The lowest BCUT2D eigenvalue weighted by molar-refractivity contribution is 0.282. The van der Waals surface area contributed by atoms with Gasteiger partial charge in [0, 0.05) is 12.7 Å². The number of nitrogens with zero attached hydrogens (tertiary/aromatic N) is 1. The van der Waals surface area contributed by atoms with Crippen LogP contribution in [0.3, 0.4) is 0 Å². The molecule has 0 unspecified atom stereocenters. The van der Waals surface area contributed by atoms with Crippen LogP contribution >= 0.6 is 0 Å². The molecule has 0 fully saturated rings. The van der Waals surface area contributed by atoms with Crippen molar-refractivity contribution in [2.45, 2.75) is 13.2 Å². The van der Waals surface area contributed by atoms with Crippen LogP contribution in [0.1, 0.15) is 11.1 Å². The number of aromatic nitrogens is 1. The van der Waals surface area contributed by atoms with E-state index in [0.717, 1.165) is 22.7 Å². The number of methoxy groups -OCH3 is 1. The van der Waals surface area contributed by atoms with Crippen LogP contribution in [0.25, 0.3) is 0 Å². The summed E-state index contributed by atoms with van der Waals surface area (Å²) in [5.41, 5.74) is 2.04. The summed E-state index contributed by atoms with van der Waals surface area (Å²) in [4.78, 5) is 4.22. The van der Waals surface area contributed by atoms with Crippen molar-refractivity contribution in [1.29, 1.82) is 0 Å². The van der Waals surface area contributed by atoms with Crippen LogP contribution in [0, 0.1) is 0 Å². The van der Waals surface area contributed by atoms with Crippen LogP contribution < -0.4 is 10.1 Å². The van der Waals surface area contributed by atoms with Gasteiger partial charge in [-0.1, -0.05) is 24.3 Å². The quantitative estimate of drug-likeness (QED) is 0.846. The minimum Gasteiger partial charge on any atom is -0.493 e. The summed E-state index contributed by atoms with van der Waals surface area (Å²) >= 11 is 0. The lowest BCUT2D eigenvalue weighted by Crippen LogP contribution is -2.03. The van der Waals surface area contributed by atoms with E-state index >= 15 is 0 Å². The van der Waals surface area contributed by atoms with Gasteiger partial charge in [0.2, 0.25) is 0 Å². The van der Waals surface area contributed by atoms with E-state index in [-0.39, 0.29) is 6.61 Å². The molecule has 0 aliphatic carbocycles. The van der Waals surface area contributed by atoms with Gasteiger partial charge in [0.25, 0.3) is 0 Å². The first-order valence-corrected chi connectivity index (χ1v) is 5.75. The van der Waals surface area contributed by atoms with Crippen molar-refractivity contribution >= 4 is 5.82 Å². The Labute approximate surface area is 106 Å². The molecule has 1 heterocycles. The standard InChI is InChI=1S/C14H16N2O2/c1-18-13-3-2-8-15-14(13)16-9-11-4-6-12(10-17)7-5-11/h2-8,17H,9-10H2,1H3,(H,15,16). The van der Waals surface area contributed by atoms with Crippen LogP contribution in [-0.4, -0.2) is 17.2 Å². The molecule has 0 saturated carbocycles. The van der Waals surface area contributed by atoms with Crippen LogP contribution in [0.5, 0.6) is 5.75 Å². The number of nitrogens with one attached hydrogen (secondary N) is 1. The fourth-order valence-electron chi connectivity index (χ4n) is 1.64. The molecule has 0 bridgehead atoms. The van der Waals surface area contributed by atoms with Crippen LogP contribution in [-0.2, 0) is 13.2 Å². The fourth-order valence-corrected chi connectivity index (χ4v) is 1.64. The van der Waals surface area contributed by atoms with Gasteiger partial charge in [-0.05, 0) is 23.3 Å². The Kier molecular flexibility index (Phi) is 4.15. The van der Waals surface area contributed by atoms with Gasteiger partial charge >= 0.3 is 0 Å². The zero-order chi connectivity index (χ0) is 12.8. The van der Waals surface area contributed by atoms with Gasteiger partial charge in [-0.25, -0.2) is 4.98 Å². The Balaban J connectivity index is 2.02. The molecule has 2 N–H and O–H groups in total. The van der Waals surface area contributed by atoms with Gasteiger partial charge in [0.05, 0.1) is 13.7 Å². The molecule has 1 aromatic carbocycles. The summed E-state index contributed by atoms with van der Waals surface area (Å²) in [6, 6.07) is 11.5. The van der Waals surface area contributed by atoms with E-state index in [9.17, 15) is 0 Å². The van der Waals surface area contributed by atoms with Gasteiger partial charge in [0.1, 0.15) is 0 Å². The highest BCUT2D eigenvalue weighted by Gasteiger charge is 2.02. The van der Waals surface area contributed by atoms with Crippen molar-refractivity contribution in [3.8, 4) is 5.75 Å². The predicted octanol–water partition coefficient (Wildman–Crippen LogP) is 2.19. The van der Waals surface area contributed by atoms with Gasteiger partial charge in [-0.15, -0.1) is 0 Å². The number of hydrogen-bond acceptors (Lipinski definition) is 4. The number of hydrogen-bond donors (Lipinski definition) is 2. The van der Waals surface area contributed by atoms with Crippen molar-refractivity contribution in [3.63, 3.8) is 0 Å². The molecule has 4 heteroatoms. The predicted molar refractivity (Wildman–Crippen MR) is 70.5 cm³/mol. The van der Waals surface area contributed by atoms with E-state index < -0.39 is 0 Å². The normalized spacial score (nSPS) is 10.1. The van der Waals surface area contributed by atoms with E-state index in [4.69, 9.17) is 9.84 Å². The molecular weight excluding hydrogens is 228 g/mol. The summed E-state index contributed by atoms with van der Waals surface area (Å²) in [6.45, 7) is 0.737. The summed E-state index contributed by atoms with van der Waals surface area (Å²) in [5, 5.41) is 12.2. The number of aliphatic hydroxyl groups is 1. The summed E-state index contributed by atoms with van der Waals surface area (Å²) in [5.74, 6) is 1.45. The first kappa shape index (κ1) is 12.4. The van der Waals surface area contributed by atoms with Crippen LogP contribution in [0.15, 0.2) is 42.6 Å². The number of rotatable bonds is 5. The average molecular weight is 244 g/mol. The third kappa shape index (κ3) is 2.99. The van der Waals surface area contributed by atoms with Gasteiger partial charge in [0.15, 0.2) is 11.6 Å². The van der Waals surface area contributed by atoms with Crippen molar-refractivity contribution in [2.24, 2.45) is 0 Å². The first-order chi connectivity index (χ1) is 8.83. The maximum atomic E-state index is 8.96. The zero-order valence-corrected chi connectivity index (χ0v) is 10.3. The number of pyridine rings is 1. The van der Waals surface area contributed by atoms with Gasteiger partial charge < -0.3 is 15.2 Å². The molecule has 94 valence electrons. The Hall–Kier alpha value is -2.07. The highest BCUT2D eigenvalue weighted by molar-refractivity contribution is 5.49. The van der Waals surface area contributed by atoms with Crippen molar-refractivity contribution in [2.75, 3.05) is 12.4 Å². The van der Waals surface area contributed by atoms with Crippen LogP contribution in [0.2, 0.25) is 0 Å². The number of ether oxygens (including phenoxy) is 1. The molecule has 0 saturated heterocycles. The SMILES string of the molecule is COc1cccnc1NCc1ccc(CO)cc1. The molecule has 1 aromatic heterocycles. The minimum atomic E-state index is 0.0712. The molecule has 2 aromatic rings. The van der Waals surface area contributed by atoms with E-state index in [1.54, 1.807) is 13.3 Å². The summed E-state index contributed by atoms with van der Waals surface area (Å²) in [7, 11) is 1.62. The van der Waals surface area contributed by atoms with E-state index in [1.807, 2.05) is 36.4 Å². The molecule has 18 heavy (non-hydrogen) atoms. The van der Waals surface area contributed by atoms with Gasteiger partial charge in [-0.2, -0.15) is 0 Å². The van der Waals surface area contributed by atoms with E-state index in [2.05, 4.69) is 10.3 Å². The molecule has 0 amide bonds. The Bertz CT molecular complexity index is 497. The largest absolute Gasteiger partial charge is 0.493 e. The molecule has 0 radical (unpaired) electrons. The smallest absolute Gasteiger partial charge is 0.168 e. The number of aliphatic hydroxyl groups excluding tert-OH is 1. The monoisotopic (exact) mass is 244 g/mol. The second kappa shape index (κ2) is 6.02. The second-order valence-corrected chi connectivity index (χ2v) is 3.88. The fraction of sp³-hybridized carbons (Fsp3) is 0.214. The van der Waals surface area contributed by atoms with Crippen LogP contribution in [0.4, 0.5) is 5.82 Å². The molecule has 0 spiro atoms. The summed E-state index contributed by atoms with van der Waals surface area (Å²) < 4.78 is 5.21. The minimum absolute atomic E-state index is 0.0712. The van der Waals surface area contributed by atoms with Crippen molar-refractivity contribution in [3.05, 3.63) is 53.7 Å². The second-order valence-electron chi connectivity index (χ2n) is 3.88. The van der Waals surface area contributed by atoms with Gasteiger partial charge in [-0.3, -0.25) is 0 Å². The molecule has 0 aliphatic rings. The molecule has 0 atom stereocenters. The van der Waals surface area contributed by atoms with Crippen molar-refractivity contribution < 1.29 is 9.84 Å². The summed E-state index contributed by atoms with van der Waals surface area (Å²) in [6.07, 6.45) is 1.72. The molecule has 2 rings (SSSR count). The Morgan fingerprint density at radius 3 is 2.56 bits per heavy atom. The third-order valence-corrected chi connectivity index (χ3v) is 2.66. The number of benzene rings is 1. The number of anilines is 1. The maximum Gasteiger partial charge on any atom is 0.168 e. The average Bonchev–Trinajstić information content (AvgIpc) is 2.46. The first-order valence-electron chi connectivity index (χ1n) is 5.75. The lowest BCUT2D eigenvalue weighted by Gasteiger charge is -2.09. The lowest BCUT2D eigenvalue weighted by atomic mass is 10.1. The van der Waals surface area contributed by atoms with E-state index in [1.165, 1.54) is 0 Å². The molecule has 4 nitrogen and oxygen atoms in total. The highest BCUT2D eigenvalue weighted by atomic mass is 16.5. The Morgan fingerprint density at radius 1 is 1.17 bits per heavy atom. The third-order valence-electron chi connectivity index (χ3n) is 2.66. The van der Waals surface area contributed by atoms with E-state index in [0.29, 0.717) is 6.54 Å². The zero-order valence-electron chi connectivity index (χ0n) is 10.3. The topological polar surface area (TPSA) is 54.4 Å². The van der Waals surface area contributed by atoms with Crippen molar-refractivity contribution in [1.82, 2.24) is 4.98 Å². The highest BCUT2D eigenvalue weighted by Crippen LogP contribution is 2.20. The maximum absolute atomic E-state index is 8.96. The molecular formula is C14H16N2O2.